The van der Waals surface area contributed by atoms with Crippen molar-refractivity contribution in [2.45, 2.75) is 427 Å². The molecule has 10 heteroatoms. The van der Waals surface area contributed by atoms with Crippen LogP contribution in [0.4, 0.5) is 0 Å². The first-order valence-electron chi connectivity index (χ1n) is 47.6. The molecule has 5 aromatic carbocycles. The van der Waals surface area contributed by atoms with Crippen LogP contribution >= 0.6 is 0 Å². The zero-order valence-electron chi connectivity index (χ0n) is 72.4. The Bertz CT molecular complexity index is 3320. The summed E-state index contributed by atoms with van der Waals surface area (Å²) in [5, 5.41) is 4.99. The lowest BCUT2D eigenvalue weighted by Crippen LogP contribution is -2.21. The van der Waals surface area contributed by atoms with E-state index in [2.05, 4.69) is 65.8 Å². The van der Waals surface area contributed by atoms with Crippen molar-refractivity contribution in [3.63, 3.8) is 0 Å². The van der Waals surface area contributed by atoms with Gasteiger partial charge in [-0.3, -0.25) is 19.2 Å². The average Bonchev–Trinajstić information content (AvgIpc) is 0.693. The monoisotopic (exact) mass is 1540 g/mol. The lowest BCUT2D eigenvalue weighted by atomic mass is 9.81. The van der Waals surface area contributed by atoms with Gasteiger partial charge in [-0.2, -0.15) is 0 Å². The summed E-state index contributed by atoms with van der Waals surface area (Å²) in [5.41, 5.74) is 1.49. The summed E-state index contributed by atoms with van der Waals surface area (Å²) in [6.45, 7) is 16.2. The average molecular weight is 1540 g/mol. The molecule has 0 saturated carbocycles. The number of ether oxygens (including phenoxy) is 6. The number of hydrogen-bond acceptors (Lipinski definition) is 10. The zero-order chi connectivity index (χ0) is 79.3. The largest absolute Gasteiger partial charge is 0.493 e. The minimum Gasteiger partial charge on any atom is -0.493 e. The molecule has 0 bridgehead atoms. The van der Waals surface area contributed by atoms with Gasteiger partial charge in [0.25, 0.3) is 0 Å². The van der Waals surface area contributed by atoms with E-state index in [1.165, 1.54) is 282 Å². The highest BCUT2D eigenvalue weighted by atomic mass is 16.5. The predicted octanol–water partition coefficient (Wildman–Crippen LogP) is 31.6. The molecule has 0 unspecified atom stereocenters. The molecule has 0 amide bonds. The van der Waals surface area contributed by atoms with Crippen LogP contribution in [0, 0.1) is 0 Å². The van der Waals surface area contributed by atoms with Crippen molar-refractivity contribution in [2.75, 3.05) is 39.6 Å². The molecule has 0 fully saturated rings. The SMILES string of the molecule is CCCCCCCCCCCCOC1=CC(=O)C(=O)c2c1cc(OCCCCCCCCCCCC)c1ccc3c(OCCCCCCCCCCCC)c(OCCCCCCCCCCCC)c4ccc5c(OCCCCCCCCCCCC)cc6c(c5c4c3c21)C(=O)C(=O)C=C6OCCCCCCCCCCCC. The van der Waals surface area contributed by atoms with E-state index in [9.17, 15) is 9.59 Å². The standard InChI is InChI=1S/C102H158O10/c1-7-13-19-25-31-37-43-49-55-61-71-107-89-77-85-91(109-73-63-57-51-45-39-33-27-21-15-9-3)79-87(103)99(105)97(85)93-81(89)67-69-83-95(93)96-84(102(112-76-66-60-54-48-42-36-30-24-18-12-6)101(83)111-75-65-59-53-47-41-35-29-23-17-11-5)70-68-82-90(108-72-62-56-50-44-38-32-26-20-14-8-2)78-86-92(80-88(104)100(106)98(86)94(82)96)110-74-64-58-52-46-40-34-28-22-16-10-4/h67-70,77-80H,7-66,71-76H2,1-6H3. The van der Waals surface area contributed by atoms with Gasteiger partial charge in [0.15, 0.2) is 11.5 Å². The number of carbonyl (C=O) groups excluding carboxylic acids is 4. The molecule has 0 heterocycles. The van der Waals surface area contributed by atoms with Crippen molar-refractivity contribution in [2.24, 2.45) is 0 Å². The molecule has 0 N–H and O–H groups in total. The van der Waals surface area contributed by atoms with Gasteiger partial charge in [-0.25, -0.2) is 0 Å². The van der Waals surface area contributed by atoms with E-state index < -0.39 is 23.1 Å². The minimum absolute atomic E-state index is 0.237. The summed E-state index contributed by atoms with van der Waals surface area (Å²) < 4.78 is 42.6. The van der Waals surface area contributed by atoms with Crippen LogP contribution in [0.3, 0.4) is 0 Å². The third kappa shape index (κ3) is 32.0. The van der Waals surface area contributed by atoms with Crippen LogP contribution in [-0.2, 0) is 19.1 Å². The summed E-state index contributed by atoms with van der Waals surface area (Å²) in [5.74, 6) is 0.432. The number of fused-ring (bicyclic) bond motifs is 11. The second kappa shape index (κ2) is 58.0. The van der Waals surface area contributed by atoms with E-state index in [1.54, 1.807) is 0 Å². The number of carbonyl (C=O) groups is 4. The van der Waals surface area contributed by atoms with Gasteiger partial charge < -0.3 is 28.4 Å². The second-order valence-corrected chi connectivity index (χ2v) is 33.7. The van der Waals surface area contributed by atoms with Crippen molar-refractivity contribution < 1.29 is 47.6 Å². The zero-order valence-corrected chi connectivity index (χ0v) is 72.4. The number of ketones is 4. The van der Waals surface area contributed by atoms with Crippen molar-refractivity contribution in [1.29, 1.82) is 0 Å². The van der Waals surface area contributed by atoms with Gasteiger partial charge in [0.1, 0.15) is 23.0 Å². The van der Waals surface area contributed by atoms with E-state index in [0.29, 0.717) is 128 Å². The Balaban J connectivity index is 1.43. The molecule has 626 valence electrons. The topological polar surface area (TPSA) is 124 Å². The van der Waals surface area contributed by atoms with E-state index in [-0.39, 0.29) is 11.1 Å². The third-order valence-electron chi connectivity index (χ3n) is 23.9. The first kappa shape index (κ1) is 93.3. The number of rotatable bonds is 72. The van der Waals surface area contributed by atoms with Crippen LogP contribution in [-0.4, -0.2) is 62.8 Å². The van der Waals surface area contributed by atoms with Crippen LogP contribution in [0.1, 0.15) is 459 Å². The summed E-state index contributed by atoms with van der Waals surface area (Å²) >= 11 is 0. The molecule has 0 saturated heterocycles. The highest BCUT2D eigenvalue weighted by Crippen LogP contribution is 2.54. The quantitative estimate of drug-likeness (QED) is 0.0211. The van der Waals surface area contributed by atoms with E-state index in [0.717, 1.165) is 116 Å². The van der Waals surface area contributed by atoms with Crippen molar-refractivity contribution >= 4 is 77.7 Å². The van der Waals surface area contributed by atoms with Crippen molar-refractivity contribution in [3.8, 4) is 23.0 Å². The van der Waals surface area contributed by atoms with E-state index >= 15 is 9.59 Å². The summed E-state index contributed by atoms with van der Waals surface area (Å²) in [6, 6.07) is 12.2. The van der Waals surface area contributed by atoms with Gasteiger partial charge in [-0.1, -0.05) is 388 Å². The molecule has 0 radical (unpaired) electrons. The van der Waals surface area contributed by atoms with Crippen LogP contribution in [0.15, 0.2) is 48.6 Å². The molecule has 112 heavy (non-hydrogen) atoms. The molecule has 10 nitrogen and oxygen atoms in total. The normalized spacial score (nSPS) is 12.9. The summed E-state index contributed by atoms with van der Waals surface area (Å²) in [7, 11) is 0. The van der Waals surface area contributed by atoms with Gasteiger partial charge in [0, 0.05) is 77.5 Å². The Kier molecular flexibility index (Phi) is 48.3. The predicted molar refractivity (Wildman–Crippen MR) is 476 cm³/mol. The lowest BCUT2D eigenvalue weighted by molar-refractivity contribution is -0.111. The van der Waals surface area contributed by atoms with Crippen molar-refractivity contribution in [3.05, 3.63) is 70.8 Å². The number of allylic oxidation sites excluding steroid dienone is 2. The van der Waals surface area contributed by atoms with Gasteiger partial charge in [0.05, 0.1) is 39.6 Å². The molecule has 5 aromatic rings. The number of hydrogen-bond donors (Lipinski definition) is 0. The maximum Gasteiger partial charge on any atom is 0.234 e. The van der Waals surface area contributed by atoms with E-state index in [1.807, 2.05) is 12.1 Å². The third-order valence-corrected chi connectivity index (χ3v) is 23.9. The Morgan fingerprint density at radius 2 is 0.411 bits per heavy atom. The maximum atomic E-state index is 15.7. The molecular weight excluding hydrogens is 1390 g/mol. The second-order valence-electron chi connectivity index (χ2n) is 33.7. The Labute approximate surface area is 681 Å². The molecule has 0 spiro atoms. The fourth-order valence-corrected chi connectivity index (χ4v) is 17.1. The fraction of sp³-hybridized carbons (Fsp3) is 0.706. The number of benzene rings is 5. The van der Waals surface area contributed by atoms with Gasteiger partial charge in [0.2, 0.25) is 23.1 Å². The molecule has 0 atom stereocenters. The first-order valence-corrected chi connectivity index (χ1v) is 47.6. The molecule has 2 aliphatic rings. The fourth-order valence-electron chi connectivity index (χ4n) is 17.1. The highest BCUT2D eigenvalue weighted by Gasteiger charge is 2.36. The number of unbranched alkanes of at least 4 members (excludes halogenated alkanes) is 54. The van der Waals surface area contributed by atoms with Crippen LogP contribution < -0.4 is 18.9 Å². The van der Waals surface area contributed by atoms with Crippen LogP contribution in [0.2, 0.25) is 0 Å². The molecule has 0 aromatic heterocycles. The van der Waals surface area contributed by atoms with Gasteiger partial charge in [-0.15, -0.1) is 0 Å². The van der Waals surface area contributed by atoms with Gasteiger partial charge in [-0.05, 0) is 74.9 Å². The van der Waals surface area contributed by atoms with Crippen LogP contribution in [0.25, 0.3) is 54.6 Å². The van der Waals surface area contributed by atoms with Gasteiger partial charge >= 0.3 is 0 Å². The molecule has 2 aliphatic carbocycles. The lowest BCUT2D eigenvalue weighted by Gasteiger charge is -2.26. The summed E-state index contributed by atoms with van der Waals surface area (Å²) in [6.07, 6.45) is 73.8. The highest BCUT2D eigenvalue weighted by molar-refractivity contribution is 6.55. The minimum atomic E-state index is -0.652. The first-order chi connectivity index (χ1) is 55.2. The smallest absolute Gasteiger partial charge is 0.234 e. The molecule has 0 aliphatic heterocycles. The molecular formula is C102H158O10. The summed E-state index contributed by atoms with van der Waals surface area (Å²) in [4.78, 5) is 61.0. The molecule has 7 rings (SSSR count). The Morgan fingerprint density at radius 1 is 0.214 bits per heavy atom. The van der Waals surface area contributed by atoms with Crippen molar-refractivity contribution in [1.82, 2.24) is 0 Å². The Morgan fingerprint density at radius 3 is 0.643 bits per heavy atom. The number of Topliss-reactive ketones (excluding diaryl/α,β-unsaturated/α-hetero) is 2. The maximum absolute atomic E-state index is 15.7. The van der Waals surface area contributed by atoms with E-state index in [4.69, 9.17) is 28.4 Å². The van der Waals surface area contributed by atoms with Crippen LogP contribution in [0.5, 0.6) is 23.0 Å². The Hall–Kier alpha value is -5.90.